The zero-order chi connectivity index (χ0) is 18.9. The van der Waals surface area contributed by atoms with Crippen LogP contribution < -0.4 is 25.9 Å². The number of carbonyl (C=O) groups excluding carboxylic acids is 2. The molecule has 0 saturated heterocycles. The molecule has 0 unspecified atom stereocenters. The molecule has 26 heavy (non-hydrogen) atoms. The van der Waals surface area contributed by atoms with Crippen LogP contribution in [0.4, 0.5) is 0 Å². The normalized spacial score (nSPS) is 10.1. The third-order valence-corrected chi connectivity index (χ3v) is 3.38. The second-order valence-corrected chi connectivity index (χ2v) is 5.28. The molecule has 9 heteroatoms. The van der Waals surface area contributed by atoms with Crippen molar-refractivity contribution in [3.05, 3.63) is 51.9 Å². The Morgan fingerprint density at radius 3 is 2.54 bits per heavy atom. The van der Waals surface area contributed by atoms with E-state index in [-0.39, 0.29) is 11.3 Å². The summed E-state index contributed by atoms with van der Waals surface area (Å²) in [5.41, 5.74) is 4.29. The lowest BCUT2D eigenvalue weighted by Crippen LogP contribution is -2.42. The molecule has 0 bridgehead atoms. The van der Waals surface area contributed by atoms with Crippen LogP contribution in [0.3, 0.4) is 0 Å². The van der Waals surface area contributed by atoms with Gasteiger partial charge in [-0.05, 0) is 30.7 Å². The number of carbonyl (C=O) groups is 2. The summed E-state index contributed by atoms with van der Waals surface area (Å²) >= 11 is 0. The number of nitrogens with one attached hydrogen (secondary N) is 3. The number of hydrogen-bond donors (Lipinski definition) is 3. The van der Waals surface area contributed by atoms with Gasteiger partial charge in [-0.3, -0.25) is 25.2 Å². The van der Waals surface area contributed by atoms with Gasteiger partial charge in [0.2, 0.25) is 0 Å². The minimum atomic E-state index is -0.666. The van der Waals surface area contributed by atoms with E-state index in [0.29, 0.717) is 18.1 Å². The molecule has 2 aromatic rings. The van der Waals surface area contributed by atoms with Crippen molar-refractivity contribution in [2.75, 3.05) is 13.7 Å². The van der Waals surface area contributed by atoms with Crippen molar-refractivity contribution < 1.29 is 19.1 Å². The number of H-pyrrole nitrogens is 1. The Morgan fingerprint density at radius 2 is 1.88 bits per heavy atom. The molecule has 2 rings (SSSR count). The Kier molecular flexibility index (Phi) is 6.72. The van der Waals surface area contributed by atoms with Gasteiger partial charge in [-0.2, -0.15) is 5.10 Å². The van der Waals surface area contributed by atoms with E-state index in [1.807, 2.05) is 0 Å². The molecule has 0 aliphatic carbocycles. The van der Waals surface area contributed by atoms with Gasteiger partial charge in [-0.1, -0.05) is 13.3 Å². The minimum Gasteiger partial charge on any atom is -0.493 e. The Bertz CT molecular complexity index is 814. The van der Waals surface area contributed by atoms with Gasteiger partial charge < -0.3 is 9.47 Å². The van der Waals surface area contributed by atoms with Crippen molar-refractivity contribution in [1.82, 2.24) is 21.0 Å². The Labute approximate surface area is 149 Å². The van der Waals surface area contributed by atoms with E-state index in [1.165, 1.54) is 19.2 Å². The standard InChI is InChI=1S/C17H20N4O5/c1-3-4-9-26-13-7-5-11(10-14(13)25-2)16(23)20-21-17(24)12-6-8-15(22)19-18-12/h5-8,10H,3-4,9H2,1-2H3,(H,19,22)(H,20,23)(H,21,24). The predicted octanol–water partition coefficient (Wildman–Crippen LogP) is 1.03. The maximum atomic E-state index is 12.2. The van der Waals surface area contributed by atoms with Crippen LogP contribution in [0.2, 0.25) is 0 Å². The Hall–Kier alpha value is -3.36. The largest absolute Gasteiger partial charge is 0.493 e. The topological polar surface area (TPSA) is 122 Å². The first-order chi connectivity index (χ1) is 12.5. The number of amides is 2. The summed E-state index contributed by atoms with van der Waals surface area (Å²) in [6, 6.07) is 7.11. The smallest absolute Gasteiger partial charge is 0.290 e. The lowest BCUT2D eigenvalue weighted by molar-refractivity contribution is 0.0843. The van der Waals surface area contributed by atoms with E-state index in [1.54, 1.807) is 12.1 Å². The summed E-state index contributed by atoms with van der Waals surface area (Å²) in [7, 11) is 1.48. The van der Waals surface area contributed by atoms with Crippen molar-refractivity contribution >= 4 is 11.8 Å². The highest BCUT2D eigenvalue weighted by molar-refractivity contribution is 5.98. The van der Waals surface area contributed by atoms with E-state index in [0.717, 1.165) is 18.9 Å². The average molecular weight is 360 g/mol. The van der Waals surface area contributed by atoms with Crippen molar-refractivity contribution in [1.29, 1.82) is 0 Å². The Morgan fingerprint density at radius 1 is 1.12 bits per heavy atom. The molecule has 1 aromatic heterocycles. The molecular weight excluding hydrogens is 340 g/mol. The van der Waals surface area contributed by atoms with Gasteiger partial charge in [0.1, 0.15) is 0 Å². The fourth-order valence-electron chi connectivity index (χ4n) is 1.98. The van der Waals surface area contributed by atoms with E-state index < -0.39 is 17.4 Å². The number of aromatic nitrogens is 2. The SMILES string of the molecule is CCCCOc1ccc(C(=O)NNC(=O)c2ccc(=O)[nH]n2)cc1OC. The van der Waals surface area contributed by atoms with Crippen LogP contribution in [0.5, 0.6) is 11.5 Å². The first-order valence-electron chi connectivity index (χ1n) is 8.02. The molecule has 0 aliphatic heterocycles. The van der Waals surface area contributed by atoms with Gasteiger partial charge in [0, 0.05) is 11.6 Å². The highest BCUT2D eigenvalue weighted by atomic mass is 16.5. The molecule has 0 fully saturated rings. The molecule has 0 spiro atoms. The maximum absolute atomic E-state index is 12.2. The van der Waals surface area contributed by atoms with E-state index in [9.17, 15) is 14.4 Å². The molecule has 0 aliphatic rings. The molecule has 3 N–H and O–H groups in total. The summed E-state index contributed by atoms with van der Waals surface area (Å²) in [4.78, 5) is 35.0. The van der Waals surface area contributed by atoms with Gasteiger partial charge in [0.15, 0.2) is 17.2 Å². The van der Waals surface area contributed by atoms with Crippen molar-refractivity contribution in [3.63, 3.8) is 0 Å². The maximum Gasteiger partial charge on any atom is 0.290 e. The number of hydrazine groups is 1. The van der Waals surface area contributed by atoms with Crippen LogP contribution in [0.1, 0.15) is 40.6 Å². The molecule has 1 heterocycles. The third kappa shape index (κ3) is 5.07. The van der Waals surface area contributed by atoms with Crippen molar-refractivity contribution in [2.24, 2.45) is 0 Å². The number of rotatable bonds is 7. The summed E-state index contributed by atoms with van der Waals surface area (Å²) in [6.07, 6.45) is 1.92. The van der Waals surface area contributed by atoms with E-state index in [4.69, 9.17) is 9.47 Å². The van der Waals surface area contributed by atoms with E-state index in [2.05, 4.69) is 28.0 Å². The predicted molar refractivity (Wildman–Crippen MR) is 93.2 cm³/mol. The van der Waals surface area contributed by atoms with Crippen LogP contribution in [-0.4, -0.2) is 35.7 Å². The zero-order valence-corrected chi connectivity index (χ0v) is 14.5. The molecule has 0 saturated carbocycles. The van der Waals surface area contributed by atoms with Gasteiger partial charge in [-0.15, -0.1) is 0 Å². The molecule has 1 aromatic carbocycles. The molecule has 2 amide bonds. The van der Waals surface area contributed by atoms with Crippen LogP contribution in [0, 0.1) is 0 Å². The average Bonchev–Trinajstić information content (AvgIpc) is 2.66. The monoisotopic (exact) mass is 360 g/mol. The molecular formula is C17H20N4O5. The summed E-state index contributed by atoms with van der Waals surface area (Å²) in [5.74, 6) is -0.247. The molecule has 0 atom stereocenters. The molecule has 0 radical (unpaired) electrons. The second-order valence-electron chi connectivity index (χ2n) is 5.28. The van der Waals surface area contributed by atoms with Gasteiger partial charge in [0.05, 0.1) is 13.7 Å². The summed E-state index contributed by atoms with van der Waals surface area (Å²) < 4.78 is 10.8. The third-order valence-electron chi connectivity index (χ3n) is 3.38. The number of methoxy groups -OCH3 is 1. The number of unbranched alkanes of at least 4 members (excludes halogenated alkanes) is 1. The van der Waals surface area contributed by atoms with Crippen molar-refractivity contribution in [3.8, 4) is 11.5 Å². The Balaban J connectivity index is 1.99. The fourth-order valence-corrected chi connectivity index (χ4v) is 1.98. The zero-order valence-electron chi connectivity index (χ0n) is 14.5. The van der Waals surface area contributed by atoms with Crippen LogP contribution in [-0.2, 0) is 0 Å². The number of ether oxygens (including phenoxy) is 2. The summed E-state index contributed by atoms with van der Waals surface area (Å²) in [5, 5.41) is 5.70. The second kappa shape index (κ2) is 9.21. The number of aromatic amines is 1. The van der Waals surface area contributed by atoms with Crippen LogP contribution >= 0.6 is 0 Å². The number of nitrogens with zero attached hydrogens (tertiary/aromatic N) is 1. The molecule has 9 nitrogen and oxygen atoms in total. The number of benzene rings is 1. The fraction of sp³-hybridized carbons (Fsp3) is 0.294. The first-order valence-corrected chi connectivity index (χ1v) is 8.02. The van der Waals surface area contributed by atoms with Gasteiger partial charge in [0.25, 0.3) is 17.4 Å². The van der Waals surface area contributed by atoms with Crippen LogP contribution in [0.15, 0.2) is 35.1 Å². The first kappa shape index (κ1) is 19.0. The molecule has 138 valence electrons. The minimum absolute atomic E-state index is 0.0397. The quantitative estimate of drug-likeness (QED) is 0.501. The highest BCUT2D eigenvalue weighted by Crippen LogP contribution is 2.28. The lowest BCUT2D eigenvalue weighted by Gasteiger charge is -2.12. The number of hydrogen-bond acceptors (Lipinski definition) is 6. The lowest BCUT2D eigenvalue weighted by atomic mass is 10.2. The highest BCUT2D eigenvalue weighted by Gasteiger charge is 2.13. The van der Waals surface area contributed by atoms with Crippen molar-refractivity contribution in [2.45, 2.75) is 19.8 Å². The van der Waals surface area contributed by atoms with Gasteiger partial charge >= 0.3 is 0 Å². The van der Waals surface area contributed by atoms with E-state index >= 15 is 0 Å². The van der Waals surface area contributed by atoms with Crippen LogP contribution in [0.25, 0.3) is 0 Å². The van der Waals surface area contributed by atoms with Gasteiger partial charge in [-0.25, -0.2) is 5.10 Å². The summed E-state index contributed by atoms with van der Waals surface area (Å²) in [6.45, 7) is 2.62.